The molecule has 0 amide bonds. The van der Waals surface area contributed by atoms with Crippen LogP contribution in [0.2, 0.25) is 0 Å². The van der Waals surface area contributed by atoms with Gasteiger partial charge in [-0.3, -0.25) is 0 Å². The highest BCUT2D eigenvalue weighted by Gasteiger charge is 2.24. The molecule has 0 aliphatic carbocycles. The van der Waals surface area contributed by atoms with E-state index in [9.17, 15) is 0 Å². The predicted molar refractivity (Wildman–Crippen MR) is 267 cm³/mol. The van der Waals surface area contributed by atoms with Crippen molar-refractivity contribution in [3.05, 3.63) is 231 Å². The molecule has 0 heteroatoms. The number of hydrogen-bond donors (Lipinski definition) is 0. The predicted octanol–water partition coefficient (Wildman–Crippen LogP) is 17.5. The van der Waals surface area contributed by atoms with Crippen molar-refractivity contribution in [2.24, 2.45) is 0 Å². The van der Waals surface area contributed by atoms with E-state index in [4.69, 9.17) is 0 Å². The number of rotatable bonds is 5. The highest BCUT2D eigenvalue weighted by atomic mass is 14.3. The lowest BCUT2D eigenvalue weighted by molar-refractivity contribution is 1.57. The summed E-state index contributed by atoms with van der Waals surface area (Å²) in [5.41, 5.74) is 12.4. The summed E-state index contributed by atoms with van der Waals surface area (Å²) in [7, 11) is 0. The van der Waals surface area contributed by atoms with Gasteiger partial charge in [-0.25, -0.2) is 0 Å². The number of fused-ring (bicyclic) bond motifs is 7. The van der Waals surface area contributed by atoms with Crippen LogP contribution in [-0.2, 0) is 0 Å². The molecule has 13 rings (SSSR count). The van der Waals surface area contributed by atoms with Gasteiger partial charge in [0.2, 0.25) is 0 Å². The zero-order valence-electron chi connectivity index (χ0n) is 33.9. The molecule has 0 fully saturated rings. The van der Waals surface area contributed by atoms with Crippen LogP contribution in [0.4, 0.5) is 0 Å². The van der Waals surface area contributed by atoms with Crippen molar-refractivity contribution in [2.45, 2.75) is 0 Å². The van der Waals surface area contributed by atoms with Crippen molar-refractivity contribution in [1.29, 1.82) is 0 Å². The Balaban J connectivity index is 1.13. The maximum Gasteiger partial charge on any atom is -0.000740 e. The second kappa shape index (κ2) is 13.7. The zero-order chi connectivity index (χ0) is 40.7. The average molecular weight is 783 g/mol. The average Bonchev–Trinajstić information content (AvgIpc) is 3.35. The highest BCUT2D eigenvalue weighted by Crippen LogP contribution is 2.53. The van der Waals surface area contributed by atoms with Gasteiger partial charge >= 0.3 is 0 Å². The van der Waals surface area contributed by atoms with Gasteiger partial charge in [-0.1, -0.05) is 224 Å². The maximum absolute atomic E-state index is 2.40. The first kappa shape index (κ1) is 34.8. The van der Waals surface area contributed by atoms with Gasteiger partial charge < -0.3 is 0 Å². The van der Waals surface area contributed by atoms with Crippen LogP contribution >= 0.6 is 0 Å². The van der Waals surface area contributed by atoms with Crippen molar-refractivity contribution < 1.29 is 0 Å². The molecule has 0 aliphatic heterocycles. The van der Waals surface area contributed by atoms with E-state index in [2.05, 4.69) is 231 Å². The van der Waals surface area contributed by atoms with E-state index >= 15 is 0 Å². The van der Waals surface area contributed by atoms with E-state index < -0.39 is 0 Å². The lowest BCUT2D eigenvalue weighted by atomic mass is 9.79. The molecule has 13 aromatic rings. The quantitative estimate of drug-likeness (QED) is 0.120. The van der Waals surface area contributed by atoms with Gasteiger partial charge in [-0.2, -0.15) is 0 Å². The zero-order valence-corrected chi connectivity index (χ0v) is 33.9. The van der Waals surface area contributed by atoms with E-state index in [1.165, 1.54) is 131 Å². The Hall–Kier alpha value is -8.06. The van der Waals surface area contributed by atoms with Crippen LogP contribution in [0.3, 0.4) is 0 Å². The SMILES string of the molecule is c1ccc(-c2ccc(-c3ccc(-c4c5ccccc5c5c6c4cccc6c4cccc6c(-c7ccccc7)c7ccccc7c5c64)c4ccccc34)c(-c3ccccc3)c2)cc1. The van der Waals surface area contributed by atoms with Crippen LogP contribution in [0.1, 0.15) is 0 Å². The minimum atomic E-state index is 1.21. The smallest absolute Gasteiger partial charge is 0.000740 e. The third-order valence-electron chi connectivity index (χ3n) is 13.4. The first-order valence-electron chi connectivity index (χ1n) is 21.6. The van der Waals surface area contributed by atoms with Crippen molar-refractivity contribution >= 4 is 75.4 Å². The fourth-order valence-electron chi connectivity index (χ4n) is 10.8. The molecule has 286 valence electrons. The lowest BCUT2D eigenvalue weighted by Gasteiger charge is -2.23. The Morgan fingerprint density at radius 2 is 0.548 bits per heavy atom. The first-order valence-corrected chi connectivity index (χ1v) is 21.6. The maximum atomic E-state index is 2.40. The fourth-order valence-corrected chi connectivity index (χ4v) is 10.8. The third kappa shape index (κ3) is 5.08. The van der Waals surface area contributed by atoms with Gasteiger partial charge in [0.1, 0.15) is 0 Å². The highest BCUT2D eigenvalue weighted by molar-refractivity contribution is 6.45. The van der Waals surface area contributed by atoms with E-state index in [1.807, 2.05) is 0 Å². The molecule has 0 bridgehead atoms. The van der Waals surface area contributed by atoms with Crippen LogP contribution in [-0.4, -0.2) is 0 Å². The molecule has 13 aromatic carbocycles. The molecule has 0 aromatic heterocycles. The van der Waals surface area contributed by atoms with Gasteiger partial charge in [-0.15, -0.1) is 0 Å². The first-order chi connectivity index (χ1) is 30.8. The summed E-state index contributed by atoms with van der Waals surface area (Å²) in [5, 5.41) is 18.1. The molecule has 0 aliphatic rings. The standard InChI is InChI=1S/C62H38/c1-4-18-39(19-5-1)42-34-35-46(56(38-42)40-20-6-2-7-21-40)45-36-37-53(44-25-11-10-24-43(44)45)58-48-27-13-15-29-52(48)62-60-50(31-17-33-55(58)60)49-30-16-32-54-57(41-22-8-3-9-23-41)47-26-12-14-28-51(47)61(62)59(49)54/h1-38H. The summed E-state index contributed by atoms with van der Waals surface area (Å²) < 4.78 is 0. The summed E-state index contributed by atoms with van der Waals surface area (Å²) in [5.74, 6) is 0. The van der Waals surface area contributed by atoms with E-state index in [0.717, 1.165) is 0 Å². The molecule has 0 heterocycles. The molecule has 0 N–H and O–H groups in total. The Kier molecular flexibility index (Phi) is 7.71. The van der Waals surface area contributed by atoms with Crippen molar-refractivity contribution in [2.75, 3.05) is 0 Å². The topological polar surface area (TPSA) is 0 Å². The van der Waals surface area contributed by atoms with Gasteiger partial charge in [-0.05, 0) is 137 Å². The summed E-state index contributed by atoms with van der Waals surface area (Å²) in [6.45, 7) is 0. The molecule has 0 unspecified atom stereocenters. The Morgan fingerprint density at radius 3 is 1.15 bits per heavy atom. The second-order valence-corrected chi connectivity index (χ2v) is 16.6. The van der Waals surface area contributed by atoms with Crippen LogP contribution in [0, 0.1) is 0 Å². The molecule has 0 atom stereocenters. The fraction of sp³-hybridized carbons (Fsp3) is 0. The van der Waals surface area contributed by atoms with Gasteiger partial charge in [0, 0.05) is 0 Å². The third-order valence-corrected chi connectivity index (χ3v) is 13.4. The summed E-state index contributed by atoms with van der Waals surface area (Å²) in [6, 6.07) is 85.5. The molecule has 0 spiro atoms. The lowest BCUT2D eigenvalue weighted by Crippen LogP contribution is -1.95. The van der Waals surface area contributed by atoms with Crippen LogP contribution < -0.4 is 0 Å². The summed E-state index contributed by atoms with van der Waals surface area (Å²) >= 11 is 0. The monoisotopic (exact) mass is 782 g/mol. The minimum absolute atomic E-state index is 1.21. The van der Waals surface area contributed by atoms with Crippen LogP contribution in [0.15, 0.2) is 231 Å². The van der Waals surface area contributed by atoms with E-state index in [-0.39, 0.29) is 0 Å². The Morgan fingerprint density at radius 1 is 0.161 bits per heavy atom. The number of benzene rings is 13. The van der Waals surface area contributed by atoms with Crippen LogP contribution in [0.5, 0.6) is 0 Å². The number of hydrogen-bond acceptors (Lipinski definition) is 0. The molecule has 0 nitrogen and oxygen atoms in total. The summed E-state index contributed by atoms with van der Waals surface area (Å²) in [6.07, 6.45) is 0. The minimum Gasteiger partial charge on any atom is -0.0622 e. The largest absolute Gasteiger partial charge is 0.0622 e. The summed E-state index contributed by atoms with van der Waals surface area (Å²) in [4.78, 5) is 0. The molecule has 0 saturated carbocycles. The molecular formula is C62H38. The van der Waals surface area contributed by atoms with E-state index in [1.54, 1.807) is 0 Å². The Bertz CT molecular complexity index is 3880. The second-order valence-electron chi connectivity index (χ2n) is 16.6. The van der Waals surface area contributed by atoms with Gasteiger partial charge in [0.25, 0.3) is 0 Å². The van der Waals surface area contributed by atoms with Crippen molar-refractivity contribution in [3.8, 4) is 55.6 Å². The van der Waals surface area contributed by atoms with Gasteiger partial charge in [0.05, 0.1) is 0 Å². The Labute approximate surface area is 359 Å². The molecule has 62 heavy (non-hydrogen) atoms. The van der Waals surface area contributed by atoms with Crippen molar-refractivity contribution in [1.82, 2.24) is 0 Å². The van der Waals surface area contributed by atoms with Gasteiger partial charge in [0.15, 0.2) is 0 Å². The molecule has 0 saturated heterocycles. The van der Waals surface area contributed by atoms with Crippen molar-refractivity contribution in [3.63, 3.8) is 0 Å². The molecule has 0 radical (unpaired) electrons. The van der Waals surface area contributed by atoms with Crippen LogP contribution in [0.25, 0.3) is 131 Å². The normalized spacial score (nSPS) is 11.9. The van der Waals surface area contributed by atoms with E-state index in [0.29, 0.717) is 0 Å². The molecular weight excluding hydrogens is 745 g/mol.